The van der Waals surface area contributed by atoms with Crippen molar-refractivity contribution in [2.75, 3.05) is 14.2 Å². The molecule has 1 heterocycles. The lowest BCUT2D eigenvalue weighted by atomic mass is 9.98. The molecule has 0 spiro atoms. The van der Waals surface area contributed by atoms with E-state index in [9.17, 15) is 9.90 Å². The Morgan fingerprint density at radius 3 is 2.55 bits per heavy atom. The van der Waals surface area contributed by atoms with Crippen molar-refractivity contribution >= 4 is 5.97 Å². The molecule has 0 radical (unpaired) electrons. The number of rotatable bonds is 4. The molecule has 1 unspecified atom stereocenters. The summed E-state index contributed by atoms with van der Waals surface area (Å²) in [7, 11) is 3.07. The number of cyclic esters (lactones) is 1. The van der Waals surface area contributed by atoms with Crippen LogP contribution in [0.25, 0.3) is 0 Å². The van der Waals surface area contributed by atoms with Crippen LogP contribution < -0.4 is 9.47 Å². The highest BCUT2D eigenvalue weighted by Crippen LogP contribution is 2.40. The highest BCUT2D eigenvalue weighted by molar-refractivity contribution is 5.95. The molecule has 2 aromatic carbocycles. The minimum absolute atomic E-state index is 0.189. The summed E-state index contributed by atoms with van der Waals surface area (Å²) >= 11 is 0. The maximum Gasteiger partial charge on any atom is 0.339 e. The molecule has 1 aliphatic rings. The molecule has 1 aliphatic heterocycles. The molecule has 0 fully saturated rings. The number of phenolic OH excluding ortho intramolecular Hbond substituents is 1. The Balaban J connectivity index is 1.96. The second-order valence-electron chi connectivity index (χ2n) is 5.06. The molecular formula is C17H16O5. The number of esters is 1. The molecule has 0 saturated heterocycles. The van der Waals surface area contributed by atoms with Crippen LogP contribution in [0.2, 0.25) is 0 Å². The van der Waals surface area contributed by atoms with Crippen LogP contribution in [0.4, 0.5) is 0 Å². The number of phenols is 1. The first kappa shape index (κ1) is 14.3. The lowest BCUT2D eigenvalue weighted by Crippen LogP contribution is -2.02. The Bertz CT molecular complexity index is 723. The van der Waals surface area contributed by atoms with Gasteiger partial charge in [0, 0.05) is 12.0 Å². The van der Waals surface area contributed by atoms with E-state index in [1.807, 2.05) is 6.07 Å². The summed E-state index contributed by atoms with van der Waals surface area (Å²) in [6.45, 7) is 0. The Morgan fingerprint density at radius 2 is 1.86 bits per heavy atom. The van der Waals surface area contributed by atoms with Gasteiger partial charge in [-0.2, -0.15) is 0 Å². The second kappa shape index (κ2) is 5.60. The van der Waals surface area contributed by atoms with Crippen LogP contribution >= 0.6 is 0 Å². The maximum absolute atomic E-state index is 12.0. The zero-order valence-electron chi connectivity index (χ0n) is 12.3. The molecule has 5 heteroatoms. The number of fused-ring (bicyclic) bond motifs is 1. The fourth-order valence-corrected chi connectivity index (χ4v) is 2.64. The largest absolute Gasteiger partial charge is 0.508 e. The minimum atomic E-state index is -0.399. The average Bonchev–Trinajstić information content (AvgIpc) is 2.81. The Kier molecular flexibility index (Phi) is 3.63. The van der Waals surface area contributed by atoms with E-state index in [0.717, 1.165) is 11.1 Å². The van der Waals surface area contributed by atoms with E-state index in [0.29, 0.717) is 23.5 Å². The van der Waals surface area contributed by atoms with E-state index >= 15 is 0 Å². The lowest BCUT2D eigenvalue weighted by Gasteiger charge is -2.13. The van der Waals surface area contributed by atoms with Gasteiger partial charge in [-0.15, -0.1) is 0 Å². The molecule has 3 rings (SSSR count). The van der Waals surface area contributed by atoms with Gasteiger partial charge in [0.25, 0.3) is 0 Å². The molecule has 0 saturated carbocycles. The van der Waals surface area contributed by atoms with Crippen molar-refractivity contribution in [3.05, 3.63) is 53.1 Å². The van der Waals surface area contributed by atoms with Crippen molar-refractivity contribution in [3.8, 4) is 17.2 Å². The van der Waals surface area contributed by atoms with Crippen molar-refractivity contribution < 1.29 is 24.1 Å². The van der Waals surface area contributed by atoms with Gasteiger partial charge in [0.05, 0.1) is 19.8 Å². The molecule has 0 aromatic heterocycles. The van der Waals surface area contributed by atoms with Crippen molar-refractivity contribution in [1.82, 2.24) is 0 Å². The third-order valence-corrected chi connectivity index (χ3v) is 3.70. The number of ether oxygens (including phenoxy) is 3. The quantitative estimate of drug-likeness (QED) is 0.880. The topological polar surface area (TPSA) is 65.0 Å². The van der Waals surface area contributed by atoms with Crippen LogP contribution in [0.3, 0.4) is 0 Å². The summed E-state index contributed by atoms with van der Waals surface area (Å²) in [5, 5.41) is 9.54. The lowest BCUT2D eigenvalue weighted by molar-refractivity contribution is 0.0387. The number of hydrogen-bond donors (Lipinski definition) is 1. The average molecular weight is 300 g/mol. The van der Waals surface area contributed by atoms with Crippen LogP contribution in [0, 0.1) is 0 Å². The molecule has 0 aliphatic carbocycles. The van der Waals surface area contributed by atoms with Gasteiger partial charge in [-0.1, -0.05) is 12.1 Å². The van der Waals surface area contributed by atoms with Crippen molar-refractivity contribution in [3.63, 3.8) is 0 Å². The molecule has 0 amide bonds. The van der Waals surface area contributed by atoms with Gasteiger partial charge in [-0.3, -0.25) is 0 Å². The van der Waals surface area contributed by atoms with Gasteiger partial charge in [0.2, 0.25) is 0 Å². The molecule has 2 aromatic rings. The van der Waals surface area contributed by atoms with E-state index in [1.165, 1.54) is 7.11 Å². The van der Waals surface area contributed by atoms with Crippen LogP contribution in [-0.4, -0.2) is 25.3 Å². The van der Waals surface area contributed by atoms with Crippen molar-refractivity contribution in [1.29, 1.82) is 0 Å². The zero-order valence-corrected chi connectivity index (χ0v) is 12.3. The van der Waals surface area contributed by atoms with Gasteiger partial charge in [-0.05, 0) is 29.8 Å². The van der Waals surface area contributed by atoms with Crippen LogP contribution in [0.1, 0.15) is 27.6 Å². The summed E-state index contributed by atoms with van der Waals surface area (Å²) in [6.07, 6.45) is 0.0897. The Morgan fingerprint density at radius 1 is 1.14 bits per heavy atom. The number of benzene rings is 2. The smallest absolute Gasteiger partial charge is 0.339 e. The van der Waals surface area contributed by atoms with Crippen molar-refractivity contribution in [2.45, 2.75) is 12.5 Å². The van der Waals surface area contributed by atoms with E-state index in [-0.39, 0.29) is 11.7 Å². The van der Waals surface area contributed by atoms with E-state index < -0.39 is 6.10 Å². The standard InChI is InChI=1S/C17H16O5/c1-20-15-8-12-13(9-16(15)21-2)17(19)22-14(12)7-10-4-3-5-11(18)6-10/h3-6,8-9,14,18H,7H2,1-2H3. The first-order chi connectivity index (χ1) is 10.6. The maximum atomic E-state index is 12.0. The van der Waals surface area contributed by atoms with Crippen LogP contribution in [-0.2, 0) is 11.2 Å². The molecule has 114 valence electrons. The number of carbonyl (C=O) groups is 1. The first-order valence-electron chi connectivity index (χ1n) is 6.87. The van der Waals surface area contributed by atoms with E-state index in [1.54, 1.807) is 37.4 Å². The number of methoxy groups -OCH3 is 2. The number of aromatic hydroxyl groups is 1. The third-order valence-electron chi connectivity index (χ3n) is 3.70. The molecule has 5 nitrogen and oxygen atoms in total. The van der Waals surface area contributed by atoms with Crippen LogP contribution in [0.15, 0.2) is 36.4 Å². The molecule has 0 bridgehead atoms. The first-order valence-corrected chi connectivity index (χ1v) is 6.87. The van der Waals surface area contributed by atoms with Crippen molar-refractivity contribution in [2.24, 2.45) is 0 Å². The molecule has 1 N–H and O–H groups in total. The molecule has 1 atom stereocenters. The summed E-state index contributed by atoms with van der Waals surface area (Å²) in [5.74, 6) is 0.868. The van der Waals surface area contributed by atoms with Crippen LogP contribution in [0.5, 0.6) is 17.2 Å². The highest BCUT2D eigenvalue weighted by atomic mass is 16.5. The predicted octanol–water partition coefficient (Wildman–Crippen LogP) is 2.86. The number of hydrogen-bond acceptors (Lipinski definition) is 5. The summed E-state index contributed by atoms with van der Waals surface area (Å²) in [5.41, 5.74) is 2.15. The fraction of sp³-hybridized carbons (Fsp3) is 0.235. The van der Waals surface area contributed by atoms with Gasteiger partial charge in [-0.25, -0.2) is 4.79 Å². The van der Waals surface area contributed by atoms with Gasteiger partial charge < -0.3 is 19.3 Å². The zero-order chi connectivity index (χ0) is 15.7. The highest BCUT2D eigenvalue weighted by Gasteiger charge is 2.33. The van der Waals surface area contributed by atoms with Gasteiger partial charge in [0.15, 0.2) is 11.5 Å². The summed E-state index contributed by atoms with van der Waals surface area (Å²) in [4.78, 5) is 12.0. The molecular weight excluding hydrogens is 284 g/mol. The van der Waals surface area contributed by atoms with E-state index in [2.05, 4.69) is 0 Å². The molecule has 22 heavy (non-hydrogen) atoms. The third kappa shape index (κ3) is 2.45. The Labute approximate surface area is 128 Å². The minimum Gasteiger partial charge on any atom is -0.508 e. The summed E-state index contributed by atoms with van der Waals surface area (Å²) in [6, 6.07) is 10.3. The van der Waals surface area contributed by atoms with Gasteiger partial charge in [0.1, 0.15) is 11.9 Å². The SMILES string of the molecule is COc1cc2c(cc1OC)C(Cc1cccc(O)c1)OC2=O. The predicted molar refractivity (Wildman–Crippen MR) is 79.5 cm³/mol. The van der Waals surface area contributed by atoms with Gasteiger partial charge >= 0.3 is 5.97 Å². The second-order valence-corrected chi connectivity index (χ2v) is 5.06. The number of carbonyl (C=O) groups excluding carboxylic acids is 1. The normalized spacial score (nSPS) is 16.1. The van der Waals surface area contributed by atoms with E-state index in [4.69, 9.17) is 14.2 Å². The Hall–Kier alpha value is -2.69. The summed E-state index contributed by atoms with van der Waals surface area (Å²) < 4.78 is 15.9. The monoisotopic (exact) mass is 300 g/mol. The fourth-order valence-electron chi connectivity index (χ4n) is 2.64.